The summed E-state index contributed by atoms with van der Waals surface area (Å²) in [5.41, 5.74) is -1.96. The van der Waals surface area contributed by atoms with E-state index in [1.807, 2.05) is 0 Å². The highest BCUT2D eigenvalue weighted by molar-refractivity contribution is 7.90. The van der Waals surface area contributed by atoms with Crippen LogP contribution in [0.2, 0.25) is 0 Å². The van der Waals surface area contributed by atoms with Crippen LogP contribution in [0.3, 0.4) is 0 Å². The number of nitrogens with one attached hydrogen (secondary N) is 1. The molecule has 1 aliphatic rings. The zero-order valence-corrected chi connectivity index (χ0v) is 15.8. The summed E-state index contributed by atoms with van der Waals surface area (Å²) >= 11 is 0. The van der Waals surface area contributed by atoms with Crippen LogP contribution in [0.25, 0.3) is 0 Å². The lowest BCUT2D eigenvalue weighted by molar-refractivity contribution is -0.249. The van der Waals surface area contributed by atoms with Crippen LogP contribution in [0.5, 0.6) is 0 Å². The Labute approximate surface area is 160 Å². The first-order valence-corrected chi connectivity index (χ1v) is 10.1. The second-order valence-electron chi connectivity index (χ2n) is 6.43. The van der Waals surface area contributed by atoms with Crippen LogP contribution < -0.4 is 10.2 Å². The summed E-state index contributed by atoms with van der Waals surface area (Å²) in [7, 11) is -1.78. The van der Waals surface area contributed by atoms with Crippen molar-refractivity contribution >= 4 is 27.0 Å². The number of benzene rings is 2. The molecule has 10 heteroatoms. The van der Waals surface area contributed by atoms with Gasteiger partial charge in [-0.25, -0.2) is 13.4 Å². The van der Waals surface area contributed by atoms with Crippen LogP contribution in [0.1, 0.15) is 5.56 Å². The molecule has 6 nitrogen and oxygen atoms in total. The van der Waals surface area contributed by atoms with Gasteiger partial charge in [-0.15, -0.1) is 0 Å². The molecule has 1 unspecified atom stereocenters. The number of anilines is 2. The van der Waals surface area contributed by atoms with Gasteiger partial charge < -0.3 is 15.3 Å². The number of sulfone groups is 1. The number of alkyl halides is 3. The summed E-state index contributed by atoms with van der Waals surface area (Å²) in [6.07, 6.45) is -3.93. The second-order valence-corrected chi connectivity index (χ2v) is 8.45. The molecule has 0 bridgehead atoms. The fourth-order valence-electron chi connectivity index (χ4n) is 2.84. The van der Waals surface area contributed by atoms with Crippen LogP contribution in [-0.4, -0.2) is 51.1 Å². The van der Waals surface area contributed by atoms with Crippen molar-refractivity contribution < 1.29 is 26.7 Å². The smallest absolute Gasteiger partial charge is 0.388 e. The lowest BCUT2D eigenvalue weighted by atomic mass is 10.1. The quantitative estimate of drug-likeness (QED) is 0.806. The van der Waals surface area contributed by atoms with E-state index in [9.17, 15) is 26.7 Å². The Morgan fingerprint density at radius 3 is 2.36 bits per heavy atom. The Bertz CT molecular complexity index is 1020. The first-order valence-electron chi connectivity index (χ1n) is 8.19. The average molecular weight is 413 g/mol. The largest absolute Gasteiger partial charge is 0.440 e. The molecular formula is C18H18F3N3O3S. The number of aliphatic hydroxyl groups is 1. The minimum atomic E-state index is -4.97. The predicted octanol–water partition coefficient (Wildman–Crippen LogP) is 2.65. The SMILES string of the molecule is CNc1cccc(C2=NC(O)(C(F)(F)F)CN2c2ccc(S(C)(=O)=O)cc2)c1. The van der Waals surface area contributed by atoms with Crippen molar-refractivity contribution in [2.24, 2.45) is 4.99 Å². The molecule has 2 N–H and O–H groups in total. The molecule has 0 spiro atoms. The molecule has 0 amide bonds. The maximum absolute atomic E-state index is 13.4. The molecular weight excluding hydrogens is 395 g/mol. The zero-order valence-electron chi connectivity index (χ0n) is 15.0. The first-order chi connectivity index (χ1) is 12.9. The topological polar surface area (TPSA) is 82.0 Å². The minimum absolute atomic E-state index is 0.0391. The van der Waals surface area contributed by atoms with E-state index in [1.165, 1.54) is 29.2 Å². The molecule has 2 aromatic rings. The Morgan fingerprint density at radius 2 is 1.82 bits per heavy atom. The van der Waals surface area contributed by atoms with Gasteiger partial charge >= 0.3 is 6.18 Å². The van der Waals surface area contributed by atoms with Gasteiger partial charge in [0.15, 0.2) is 9.84 Å². The Balaban J connectivity index is 2.09. The van der Waals surface area contributed by atoms with E-state index in [-0.39, 0.29) is 16.4 Å². The van der Waals surface area contributed by atoms with Crippen molar-refractivity contribution in [3.05, 3.63) is 54.1 Å². The van der Waals surface area contributed by atoms with E-state index >= 15 is 0 Å². The van der Waals surface area contributed by atoms with Crippen LogP contribution >= 0.6 is 0 Å². The van der Waals surface area contributed by atoms with E-state index in [0.717, 1.165) is 6.26 Å². The molecule has 1 aliphatic heterocycles. The van der Waals surface area contributed by atoms with Gasteiger partial charge in [-0.2, -0.15) is 13.2 Å². The van der Waals surface area contributed by atoms with E-state index in [1.54, 1.807) is 31.3 Å². The van der Waals surface area contributed by atoms with Crippen LogP contribution in [0, 0.1) is 0 Å². The van der Waals surface area contributed by atoms with Crippen LogP contribution in [0.15, 0.2) is 58.4 Å². The number of amidine groups is 1. The molecule has 3 rings (SSSR count). The predicted molar refractivity (Wildman–Crippen MR) is 100 cm³/mol. The van der Waals surface area contributed by atoms with Gasteiger partial charge in [0.1, 0.15) is 5.84 Å². The molecule has 2 aromatic carbocycles. The zero-order chi connectivity index (χ0) is 20.7. The number of hydrogen-bond acceptors (Lipinski definition) is 6. The Hall–Kier alpha value is -2.59. The van der Waals surface area contributed by atoms with Gasteiger partial charge in [0.05, 0.1) is 11.4 Å². The highest BCUT2D eigenvalue weighted by Crippen LogP contribution is 2.39. The normalized spacial score (nSPS) is 20.2. The highest BCUT2D eigenvalue weighted by atomic mass is 32.2. The standard InChI is InChI=1S/C18H18F3N3O3S/c1-22-13-5-3-4-12(10-13)16-23-17(25,18(19,20)21)11-24(16)14-6-8-15(9-7-14)28(2,26)27/h3-10,22,25H,11H2,1-2H3. The van der Waals surface area contributed by atoms with Gasteiger partial charge in [0.2, 0.25) is 0 Å². The summed E-state index contributed by atoms with van der Waals surface area (Å²) in [5, 5.41) is 13.0. The van der Waals surface area contributed by atoms with E-state index in [0.29, 0.717) is 11.3 Å². The van der Waals surface area contributed by atoms with Crippen molar-refractivity contribution in [2.45, 2.75) is 16.8 Å². The van der Waals surface area contributed by atoms with Crippen LogP contribution in [-0.2, 0) is 9.84 Å². The molecule has 1 heterocycles. The molecule has 1 atom stereocenters. The Morgan fingerprint density at radius 1 is 1.18 bits per heavy atom. The lowest BCUT2D eigenvalue weighted by Gasteiger charge is -2.25. The van der Waals surface area contributed by atoms with Crippen molar-refractivity contribution in [1.82, 2.24) is 0 Å². The number of halogens is 3. The van der Waals surface area contributed by atoms with E-state index < -0.39 is 28.3 Å². The molecule has 0 aliphatic carbocycles. The number of hydrogen-bond donors (Lipinski definition) is 2. The fourth-order valence-corrected chi connectivity index (χ4v) is 3.47. The minimum Gasteiger partial charge on any atom is -0.388 e. The summed E-state index contributed by atoms with van der Waals surface area (Å²) < 4.78 is 63.5. The third-order valence-electron chi connectivity index (χ3n) is 4.37. The second kappa shape index (κ2) is 6.78. The maximum atomic E-state index is 13.4. The summed E-state index contributed by atoms with van der Waals surface area (Å²) in [6.45, 7) is -0.839. The molecule has 150 valence electrons. The van der Waals surface area contributed by atoms with Gasteiger partial charge in [-0.3, -0.25) is 0 Å². The monoisotopic (exact) mass is 413 g/mol. The summed E-state index contributed by atoms with van der Waals surface area (Å²) in [4.78, 5) is 4.85. The first kappa shape index (κ1) is 20.2. The van der Waals surface area contributed by atoms with Crippen molar-refractivity contribution in [1.29, 1.82) is 0 Å². The molecule has 0 saturated carbocycles. The van der Waals surface area contributed by atoms with Crippen molar-refractivity contribution in [3.63, 3.8) is 0 Å². The summed E-state index contributed by atoms with van der Waals surface area (Å²) in [6, 6.07) is 12.0. The lowest BCUT2D eigenvalue weighted by Crippen LogP contribution is -2.47. The maximum Gasteiger partial charge on any atom is 0.440 e. The molecule has 0 aromatic heterocycles. The summed E-state index contributed by atoms with van der Waals surface area (Å²) in [5.74, 6) is -0.0657. The van der Waals surface area contributed by atoms with Gasteiger partial charge in [0.25, 0.3) is 5.72 Å². The van der Waals surface area contributed by atoms with Crippen LogP contribution in [0.4, 0.5) is 24.5 Å². The molecule has 0 radical (unpaired) electrons. The average Bonchev–Trinajstić information content (AvgIpc) is 3.00. The number of rotatable bonds is 4. The third kappa shape index (κ3) is 3.69. The highest BCUT2D eigenvalue weighted by Gasteiger charge is 2.58. The van der Waals surface area contributed by atoms with Crippen molar-refractivity contribution in [3.8, 4) is 0 Å². The third-order valence-corrected chi connectivity index (χ3v) is 5.49. The number of nitrogens with zero attached hydrogens (tertiary/aromatic N) is 2. The number of β-amino-alcohol motifs (C(OH)–C–C–N with tert-alkyl or cyclic N) is 1. The van der Waals surface area contributed by atoms with E-state index in [4.69, 9.17) is 0 Å². The van der Waals surface area contributed by atoms with Gasteiger partial charge in [-0.1, -0.05) is 12.1 Å². The fraction of sp³-hybridized carbons (Fsp3) is 0.278. The van der Waals surface area contributed by atoms with Crippen molar-refractivity contribution in [2.75, 3.05) is 30.1 Å². The molecule has 0 saturated heterocycles. The van der Waals surface area contributed by atoms with Gasteiger partial charge in [-0.05, 0) is 36.4 Å². The molecule has 28 heavy (non-hydrogen) atoms. The van der Waals surface area contributed by atoms with E-state index in [2.05, 4.69) is 10.3 Å². The Kier molecular flexibility index (Phi) is 4.88. The van der Waals surface area contributed by atoms with Gasteiger partial charge in [0, 0.05) is 30.2 Å². The number of aliphatic imine (C=N–C) groups is 1. The molecule has 0 fully saturated rings.